The summed E-state index contributed by atoms with van der Waals surface area (Å²) in [6.07, 6.45) is 0. The van der Waals surface area contributed by atoms with Crippen molar-refractivity contribution in [3.05, 3.63) is 34.9 Å². The Morgan fingerprint density at radius 2 is 1.94 bits per heavy atom. The average molecular weight is 253 g/mol. The fraction of sp³-hybridized carbons (Fsp3) is 0.167. The van der Waals surface area contributed by atoms with Crippen LogP contribution >= 0.6 is 0 Å². The predicted octanol–water partition coefficient (Wildman–Crippen LogP) is 1.15. The number of amides is 1. The molecule has 0 aliphatic carbocycles. The van der Waals surface area contributed by atoms with Gasteiger partial charge in [0.1, 0.15) is 0 Å². The standard InChI is InChI=1S/C12H9F2NO3/c1-7(16)15-4-2-3-8-5-10(13)11(14)6-9(8)12(17)18/h5-6H,4H2,1H3,(H,15,16)(H,17,18). The number of hydrogen-bond acceptors (Lipinski definition) is 2. The van der Waals surface area contributed by atoms with Gasteiger partial charge in [0.15, 0.2) is 11.6 Å². The lowest BCUT2D eigenvalue weighted by Crippen LogP contribution is -2.19. The first kappa shape index (κ1) is 13.6. The summed E-state index contributed by atoms with van der Waals surface area (Å²) in [6.45, 7) is 1.29. The van der Waals surface area contributed by atoms with Crippen molar-refractivity contribution in [3.63, 3.8) is 0 Å². The molecule has 0 heterocycles. The van der Waals surface area contributed by atoms with Crippen LogP contribution in [0.3, 0.4) is 0 Å². The van der Waals surface area contributed by atoms with E-state index < -0.39 is 23.2 Å². The van der Waals surface area contributed by atoms with Crippen molar-refractivity contribution in [1.29, 1.82) is 0 Å². The smallest absolute Gasteiger partial charge is 0.337 e. The van der Waals surface area contributed by atoms with Crippen LogP contribution in [0.5, 0.6) is 0 Å². The number of nitrogens with one attached hydrogen (secondary N) is 1. The zero-order valence-electron chi connectivity index (χ0n) is 9.38. The number of carbonyl (C=O) groups is 2. The Bertz CT molecular complexity index is 558. The Hall–Kier alpha value is -2.42. The molecule has 0 aromatic heterocycles. The molecule has 1 aromatic carbocycles. The van der Waals surface area contributed by atoms with Crippen LogP contribution < -0.4 is 5.32 Å². The molecule has 94 valence electrons. The second kappa shape index (κ2) is 5.77. The monoisotopic (exact) mass is 253 g/mol. The number of aromatic carboxylic acids is 1. The summed E-state index contributed by atoms with van der Waals surface area (Å²) in [5.74, 6) is 0.676. The molecule has 0 saturated heterocycles. The lowest BCUT2D eigenvalue weighted by molar-refractivity contribution is -0.118. The Morgan fingerprint density at radius 3 is 2.50 bits per heavy atom. The first-order valence-corrected chi connectivity index (χ1v) is 4.87. The molecule has 2 N–H and O–H groups in total. The van der Waals surface area contributed by atoms with Gasteiger partial charge in [0.25, 0.3) is 0 Å². The molecule has 0 saturated carbocycles. The van der Waals surface area contributed by atoms with E-state index in [0.717, 1.165) is 0 Å². The van der Waals surface area contributed by atoms with Crippen molar-refractivity contribution in [1.82, 2.24) is 5.32 Å². The summed E-state index contributed by atoms with van der Waals surface area (Å²) in [5, 5.41) is 11.2. The number of halogens is 2. The molecule has 18 heavy (non-hydrogen) atoms. The van der Waals surface area contributed by atoms with Crippen LogP contribution in [-0.2, 0) is 4.79 Å². The highest BCUT2D eigenvalue weighted by molar-refractivity contribution is 5.90. The van der Waals surface area contributed by atoms with Crippen molar-refractivity contribution in [2.45, 2.75) is 6.92 Å². The lowest BCUT2D eigenvalue weighted by Gasteiger charge is -2.00. The topological polar surface area (TPSA) is 66.4 Å². The van der Waals surface area contributed by atoms with E-state index in [9.17, 15) is 18.4 Å². The first-order valence-electron chi connectivity index (χ1n) is 4.87. The molecule has 0 atom stereocenters. The predicted molar refractivity (Wildman–Crippen MR) is 58.9 cm³/mol. The Labute approximate surface area is 102 Å². The number of carboxylic acids is 1. The Morgan fingerprint density at radius 1 is 1.33 bits per heavy atom. The normalized spacial score (nSPS) is 9.28. The highest BCUT2D eigenvalue weighted by Gasteiger charge is 2.13. The van der Waals surface area contributed by atoms with E-state index in [1.54, 1.807) is 0 Å². The molecule has 0 fully saturated rings. The minimum absolute atomic E-state index is 0.00656. The molecule has 0 bridgehead atoms. The maximum Gasteiger partial charge on any atom is 0.337 e. The maximum atomic E-state index is 13.0. The Balaban J connectivity index is 3.03. The van der Waals surface area contributed by atoms with E-state index in [4.69, 9.17) is 5.11 Å². The van der Waals surface area contributed by atoms with E-state index in [0.29, 0.717) is 12.1 Å². The number of rotatable bonds is 2. The summed E-state index contributed by atoms with van der Waals surface area (Å²) in [6, 6.07) is 1.28. The third kappa shape index (κ3) is 3.56. The van der Waals surface area contributed by atoms with E-state index >= 15 is 0 Å². The van der Waals surface area contributed by atoms with E-state index in [-0.39, 0.29) is 18.0 Å². The molecule has 0 aliphatic rings. The van der Waals surface area contributed by atoms with Crippen LogP contribution in [-0.4, -0.2) is 23.5 Å². The van der Waals surface area contributed by atoms with Gasteiger partial charge in [0.05, 0.1) is 12.1 Å². The number of hydrogen-bond donors (Lipinski definition) is 2. The molecule has 1 amide bonds. The second-order valence-electron chi connectivity index (χ2n) is 3.33. The van der Waals surface area contributed by atoms with Crippen molar-refractivity contribution >= 4 is 11.9 Å². The minimum Gasteiger partial charge on any atom is -0.478 e. The molecule has 6 heteroatoms. The molecule has 0 spiro atoms. The number of carboxylic acid groups (broad SMARTS) is 1. The van der Waals surface area contributed by atoms with Gasteiger partial charge in [-0.25, -0.2) is 13.6 Å². The highest BCUT2D eigenvalue weighted by atomic mass is 19.2. The van der Waals surface area contributed by atoms with Crippen molar-refractivity contribution < 1.29 is 23.5 Å². The highest BCUT2D eigenvalue weighted by Crippen LogP contribution is 2.14. The van der Waals surface area contributed by atoms with Crippen molar-refractivity contribution in [3.8, 4) is 11.8 Å². The molecule has 1 rings (SSSR count). The van der Waals surface area contributed by atoms with Crippen LogP contribution in [0.4, 0.5) is 8.78 Å². The van der Waals surface area contributed by atoms with Crippen molar-refractivity contribution in [2.75, 3.05) is 6.54 Å². The quantitative estimate of drug-likeness (QED) is 0.777. The van der Waals surface area contributed by atoms with Gasteiger partial charge in [-0.2, -0.15) is 0 Å². The molecule has 4 nitrogen and oxygen atoms in total. The first-order chi connectivity index (χ1) is 8.41. The third-order valence-corrected chi connectivity index (χ3v) is 1.94. The lowest BCUT2D eigenvalue weighted by atomic mass is 10.1. The van der Waals surface area contributed by atoms with Gasteiger partial charge < -0.3 is 10.4 Å². The molecular formula is C12H9F2NO3. The second-order valence-corrected chi connectivity index (χ2v) is 3.33. The van der Waals surface area contributed by atoms with Crippen LogP contribution in [0.25, 0.3) is 0 Å². The fourth-order valence-corrected chi connectivity index (χ4v) is 1.14. The van der Waals surface area contributed by atoms with Gasteiger partial charge in [-0.05, 0) is 12.1 Å². The van der Waals surface area contributed by atoms with Crippen LogP contribution in [0, 0.1) is 23.5 Å². The average Bonchev–Trinajstić information content (AvgIpc) is 2.28. The van der Waals surface area contributed by atoms with E-state index in [1.807, 2.05) is 0 Å². The summed E-state index contributed by atoms with van der Waals surface area (Å²) in [7, 11) is 0. The van der Waals surface area contributed by atoms with Gasteiger partial charge in [-0.3, -0.25) is 4.79 Å². The maximum absolute atomic E-state index is 13.0. The molecular weight excluding hydrogens is 244 g/mol. The van der Waals surface area contributed by atoms with Crippen LogP contribution in [0.1, 0.15) is 22.8 Å². The Kier molecular flexibility index (Phi) is 4.38. The number of benzene rings is 1. The summed E-state index contributed by atoms with van der Waals surface area (Å²) in [4.78, 5) is 21.3. The fourth-order valence-electron chi connectivity index (χ4n) is 1.14. The van der Waals surface area contributed by atoms with Gasteiger partial charge in [0.2, 0.25) is 5.91 Å². The summed E-state index contributed by atoms with van der Waals surface area (Å²) < 4.78 is 25.8. The molecule has 0 aliphatic heterocycles. The van der Waals surface area contributed by atoms with Crippen LogP contribution in [0.2, 0.25) is 0 Å². The minimum atomic E-state index is -1.40. The van der Waals surface area contributed by atoms with Gasteiger partial charge >= 0.3 is 5.97 Å². The zero-order chi connectivity index (χ0) is 13.7. The van der Waals surface area contributed by atoms with Gasteiger partial charge in [-0.1, -0.05) is 11.8 Å². The molecule has 0 unspecified atom stereocenters. The van der Waals surface area contributed by atoms with E-state index in [2.05, 4.69) is 17.2 Å². The summed E-state index contributed by atoms with van der Waals surface area (Å²) in [5.41, 5.74) is -0.573. The van der Waals surface area contributed by atoms with E-state index in [1.165, 1.54) is 6.92 Å². The number of carbonyl (C=O) groups excluding carboxylic acids is 1. The molecule has 0 radical (unpaired) electrons. The SMILES string of the molecule is CC(=O)NCC#Cc1cc(F)c(F)cc1C(=O)O. The largest absolute Gasteiger partial charge is 0.478 e. The summed E-state index contributed by atoms with van der Waals surface area (Å²) >= 11 is 0. The zero-order valence-corrected chi connectivity index (χ0v) is 9.38. The third-order valence-electron chi connectivity index (χ3n) is 1.94. The van der Waals surface area contributed by atoms with Crippen LogP contribution in [0.15, 0.2) is 12.1 Å². The molecule has 1 aromatic rings. The van der Waals surface area contributed by atoms with Gasteiger partial charge in [-0.15, -0.1) is 0 Å². The van der Waals surface area contributed by atoms with Crippen molar-refractivity contribution in [2.24, 2.45) is 0 Å². The van der Waals surface area contributed by atoms with Gasteiger partial charge in [0, 0.05) is 12.5 Å².